The lowest BCUT2D eigenvalue weighted by atomic mass is 9.64. The van der Waals surface area contributed by atoms with E-state index in [1.54, 1.807) is 0 Å². The first-order valence-corrected chi connectivity index (χ1v) is 15.1. The van der Waals surface area contributed by atoms with Crippen LogP contribution in [0.1, 0.15) is 77.0 Å². The Balaban J connectivity index is 1.40. The second kappa shape index (κ2) is 7.73. The molecule has 178 valence electrons. The highest BCUT2D eigenvalue weighted by Crippen LogP contribution is 2.63. The van der Waals surface area contributed by atoms with Crippen molar-refractivity contribution in [2.45, 2.75) is 77.0 Å². The third kappa shape index (κ3) is 3.07. The van der Waals surface area contributed by atoms with Crippen LogP contribution in [0.25, 0.3) is 0 Å². The standard InChI is InChI=1S/C29H38O3S/c1-33-28-24(21-12-15-3-6-18(21)9-15)23(20-11-14-2-5-17(20)8-14)26(29(31)32)27(30)25(28)22-13-16-4-7-19(22)10-16/h14-22,25H,2-13H2,1H3,(H,31,32). The van der Waals surface area contributed by atoms with Crippen LogP contribution in [0.4, 0.5) is 0 Å². The quantitative estimate of drug-likeness (QED) is 0.470. The van der Waals surface area contributed by atoms with Gasteiger partial charge in [-0.2, -0.15) is 0 Å². The highest BCUT2D eigenvalue weighted by molar-refractivity contribution is 8.02. The molecule has 0 spiro atoms. The fourth-order valence-electron chi connectivity index (χ4n) is 10.4. The normalized spacial score (nSPS) is 48.1. The summed E-state index contributed by atoms with van der Waals surface area (Å²) in [5.41, 5.74) is 2.72. The zero-order valence-electron chi connectivity index (χ0n) is 19.9. The van der Waals surface area contributed by atoms with Gasteiger partial charge in [0.05, 0.1) is 5.92 Å². The van der Waals surface area contributed by atoms with E-state index in [-0.39, 0.29) is 17.3 Å². The summed E-state index contributed by atoms with van der Waals surface area (Å²) in [5.74, 6) is 4.38. The van der Waals surface area contributed by atoms with E-state index in [9.17, 15) is 14.7 Å². The number of ketones is 1. The minimum absolute atomic E-state index is 0.00548. The fraction of sp³-hybridized carbons (Fsp3) is 0.793. The van der Waals surface area contributed by atoms with Crippen molar-refractivity contribution in [1.29, 1.82) is 0 Å². The summed E-state index contributed by atoms with van der Waals surface area (Å²) in [6, 6.07) is 0. The third-order valence-corrected chi connectivity index (χ3v) is 12.4. The third-order valence-electron chi connectivity index (χ3n) is 11.5. The van der Waals surface area contributed by atoms with Gasteiger partial charge in [0, 0.05) is 0 Å². The number of rotatable bonds is 5. The van der Waals surface area contributed by atoms with E-state index in [0.29, 0.717) is 35.5 Å². The summed E-state index contributed by atoms with van der Waals surface area (Å²) in [6.07, 6.45) is 17.3. The number of carbonyl (C=O) groups is 2. The van der Waals surface area contributed by atoms with Crippen LogP contribution in [0.2, 0.25) is 0 Å². The van der Waals surface area contributed by atoms with Crippen molar-refractivity contribution in [3.63, 3.8) is 0 Å². The lowest BCUT2D eigenvalue weighted by Gasteiger charge is -2.42. The second-order valence-electron chi connectivity index (χ2n) is 12.8. The number of allylic oxidation sites excluding steroid dienone is 3. The molecule has 0 radical (unpaired) electrons. The van der Waals surface area contributed by atoms with Gasteiger partial charge in [0.1, 0.15) is 5.57 Å². The molecule has 6 fully saturated rings. The Morgan fingerprint density at radius 3 is 1.73 bits per heavy atom. The number of hydrogen-bond donors (Lipinski definition) is 1. The lowest BCUT2D eigenvalue weighted by molar-refractivity contribution is -0.135. The predicted octanol–water partition coefficient (Wildman–Crippen LogP) is 6.49. The van der Waals surface area contributed by atoms with Gasteiger partial charge in [-0.05, 0) is 133 Å². The molecule has 7 rings (SSSR count). The van der Waals surface area contributed by atoms with Gasteiger partial charge >= 0.3 is 5.97 Å². The molecule has 7 aliphatic carbocycles. The molecule has 0 aromatic carbocycles. The monoisotopic (exact) mass is 466 g/mol. The number of carbonyl (C=O) groups excluding carboxylic acids is 1. The SMILES string of the molecule is CSC1=C(C2CC3CCC2C3)C(C2CC3CCC2C3)=C(C(=O)O)C(=O)C1C1CC2CCC1C2. The average molecular weight is 467 g/mol. The summed E-state index contributed by atoms with van der Waals surface area (Å²) in [6.45, 7) is 0. The molecule has 4 heteroatoms. The average Bonchev–Trinajstić information content (AvgIpc) is 3.65. The van der Waals surface area contributed by atoms with E-state index in [1.807, 2.05) is 11.8 Å². The van der Waals surface area contributed by atoms with Crippen molar-refractivity contribution >= 4 is 23.5 Å². The largest absolute Gasteiger partial charge is 0.478 e. The van der Waals surface area contributed by atoms with Crippen molar-refractivity contribution in [2.75, 3.05) is 6.26 Å². The summed E-state index contributed by atoms with van der Waals surface area (Å²) in [5, 5.41) is 10.5. The molecule has 0 amide bonds. The van der Waals surface area contributed by atoms with Gasteiger partial charge in [0.25, 0.3) is 0 Å². The smallest absolute Gasteiger partial charge is 0.339 e. The van der Waals surface area contributed by atoms with E-state index in [0.717, 1.165) is 36.2 Å². The highest BCUT2D eigenvalue weighted by atomic mass is 32.2. The number of carboxylic acid groups (broad SMARTS) is 1. The molecule has 33 heavy (non-hydrogen) atoms. The maximum Gasteiger partial charge on any atom is 0.339 e. The summed E-state index contributed by atoms with van der Waals surface area (Å²) in [4.78, 5) is 28.4. The van der Waals surface area contributed by atoms with Gasteiger partial charge in [0.15, 0.2) is 5.78 Å². The fourth-order valence-corrected chi connectivity index (χ4v) is 11.4. The molecule has 10 unspecified atom stereocenters. The zero-order valence-corrected chi connectivity index (χ0v) is 20.7. The van der Waals surface area contributed by atoms with Gasteiger partial charge < -0.3 is 5.11 Å². The highest BCUT2D eigenvalue weighted by Gasteiger charge is 2.55. The van der Waals surface area contributed by atoms with Gasteiger partial charge in [-0.25, -0.2) is 4.79 Å². The van der Waals surface area contributed by atoms with Crippen molar-refractivity contribution in [3.8, 4) is 0 Å². The molecule has 6 bridgehead atoms. The number of thioether (sulfide) groups is 1. The first-order valence-electron chi connectivity index (χ1n) is 13.8. The Labute approximate surface area is 202 Å². The molecule has 0 aromatic rings. The lowest BCUT2D eigenvalue weighted by Crippen LogP contribution is -2.39. The second-order valence-corrected chi connectivity index (χ2v) is 13.7. The van der Waals surface area contributed by atoms with E-state index in [1.165, 1.54) is 74.7 Å². The minimum Gasteiger partial charge on any atom is -0.478 e. The number of Topliss-reactive ketones (excluding diaryl/α,β-unsaturated/α-hetero) is 1. The van der Waals surface area contributed by atoms with Crippen LogP contribution in [0.5, 0.6) is 0 Å². The number of aliphatic carboxylic acids is 1. The van der Waals surface area contributed by atoms with E-state index in [2.05, 4.69) is 6.26 Å². The molecule has 1 N–H and O–H groups in total. The van der Waals surface area contributed by atoms with Gasteiger partial charge in [-0.3, -0.25) is 4.79 Å². The van der Waals surface area contributed by atoms with E-state index in [4.69, 9.17) is 0 Å². The van der Waals surface area contributed by atoms with Gasteiger partial charge in [-0.15, -0.1) is 11.8 Å². The molecule has 0 saturated heterocycles. The first kappa shape index (κ1) is 21.3. The number of hydrogen-bond acceptors (Lipinski definition) is 3. The van der Waals surface area contributed by atoms with Crippen LogP contribution < -0.4 is 0 Å². The number of fused-ring (bicyclic) bond motifs is 6. The molecule has 0 heterocycles. The van der Waals surface area contributed by atoms with Crippen molar-refractivity contribution < 1.29 is 14.7 Å². The molecule has 6 saturated carbocycles. The van der Waals surface area contributed by atoms with Crippen LogP contribution in [-0.2, 0) is 9.59 Å². The molecule has 0 aliphatic heterocycles. The molecule has 7 aliphatic rings. The first-order chi connectivity index (χ1) is 16.0. The van der Waals surface area contributed by atoms with Gasteiger partial charge in [-0.1, -0.05) is 19.3 Å². The molecule has 10 atom stereocenters. The summed E-state index contributed by atoms with van der Waals surface area (Å²) < 4.78 is 0. The van der Waals surface area contributed by atoms with Crippen LogP contribution in [0.15, 0.2) is 21.6 Å². The zero-order chi connectivity index (χ0) is 22.4. The van der Waals surface area contributed by atoms with Gasteiger partial charge in [0.2, 0.25) is 0 Å². The molecule has 3 nitrogen and oxygen atoms in total. The summed E-state index contributed by atoms with van der Waals surface area (Å²) >= 11 is 1.82. The van der Waals surface area contributed by atoms with Crippen molar-refractivity contribution in [3.05, 3.63) is 21.6 Å². The Morgan fingerprint density at radius 2 is 1.30 bits per heavy atom. The Hall–Kier alpha value is -1.03. The van der Waals surface area contributed by atoms with Crippen LogP contribution in [-0.4, -0.2) is 23.1 Å². The molecular formula is C29H38O3S. The molecule has 0 aromatic heterocycles. The van der Waals surface area contributed by atoms with E-state index < -0.39 is 5.97 Å². The van der Waals surface area contributed by atoms with Crippen LogP contribution in [0, 0.1) is 59.2 Å². The van der Waals surface area contributed by atoms with E-state index >= 15 is 0 Å². The van der Waals surface area contributed by atoms with Crippen LogP contribution in [0.3, 0.4) is 0 Å². The summed E-state index contributed by atoms with van der Waals surface area (Å²) in [7, 11) is 0. The van der Waals surface area contributed by atoms with Crippen molar-refractivity contribution in [2.24, 2.45) is 59.2 Å². The van der Waals surface area contributed by atoms with Crippen LogP contribution >= 0.6 is 11.8 Å². The number of carboxylic acids is 1. The molecular weight excluding hydrogens is 428 g/mol. The topological polar surface area (TPSA) is 54.4 Å². The predicted molar refractivity (Wildman–Crippen MR) is 131 cm³/mol. The van der Waals surface area contributed by atoms with Crippen molar-refractivity contribution in [1.82, 2.24) is 0 Å². The Morgan fingerprint density at radius 1 is 0.758 bits per heavy atom. The maximum absolute atomic E-state index is 14.2. The maximum atomic E-state index is 14.2. The Kier molecular flexibility index (Phi) is 4.99. The Bertz CT molecular complexity index is 962. The minimum atomic E-state index is -0.924.